The minimum absolute atomic E-state index is 0.344. The lowest BCUT2D eigenvalue weighted by Crippen LogP contribution is -2.53. The van der Waals surface area contributed by atoms with Crippen LogP contribution in [0.4, 0.5) is 0 Å². The zero-order chi connectivity index (χ0) is 33.2. The first-order chi connectivity index (χ1) is 22.0. The van der Waals surface area contributed by atoms with Gasteiger partial charge in [-0.1, -0.05) is 147 Å². The molecular weight excluding hydrogens is 562 g/mol. The van der Waals surface area contributed by atoms with Crippen LogP contribution < -0.4 is 5.32 Å². The molecule has 0 saturated heterocycles. The Balaban J connectivity index is 3.90. The highest BCUT2D eigenvalue weighted by Gasteiger charge is 2.28. The molecule has 1 amide bonds. The number of hydrogen-bond donors (Lipinski definition) is 5. The molecular formula is C39H73NO5. The molecule has 0 heterocycles. The quantitative estimate of drug-likeness (QED) is 0.0281. The number of amides is 1. The summed E-state index contributed by atoms with van der Waals surface area (Å²) in [4.78, 5) is 12.4. The van der Waals surface area contributed by atoms with Crippen molar-refractivity contribution in [1.82, 2.24) is 5.32 Å². The first-order valence-electron chi connectivity index (χ1n) is 18.9. The third kappa shape index (κ3) is 28.5. The standard InChI is InChI=1S/C39H73NO5/c1-3-5-7-9-11-13-15-17-19-21-22-24-26-28-30-32-36(42)38(44)35(34-41)40-39(45)37(43)33-31-29-27-25-23-20-18-16-14-12-10-8-6-4-2/h12,14,16,18,24,26,35-38,41-44H,3-11,13,15,17,19-23,25,27-34H2,1-2H3,(H,40,45)/b14-12-,18-16-,26-24+. The zero-order valence-electron chi connectivity index (χ0n) is 29.4. The second-order valence-corrected chi connectivity index (χ2v) is 12.9. The highest BCUT2D eigenvalue weighted by molar-refractivity contribution is 5.80. The van der Waals surface area contributed by atoms with Crippen molar-refractivity contribution < 1.29 is 25.2 Å². The van der Waals surface area contributed by atoms with Gasteiger partial charge in [0.2, 0.25) is 5.91 Å². The summed E-state index contributed by atoms with van der Waals surface area (Å²) in [5.41, 5.74) is 0. The van der Waals surface area contributed by atoms with E-state index in [2.05, 4.69) is 55.6 Å². The Morgan fingerprint density at radius 3 is 1.51 bits per heavy atom. The van der Waals surface area contributed by atoms with E-state index >= 15 is 0 Å². The van der Waals surface area contributed by atoms with Crippen LogP contribution in [0.5, 0.6) is 0 Å². The van der Waals surface area contributed by atoms with E-state index in [1.807, 2.05) is 0 Å². The maximum atomic E-state index is 12.4. The molecule has 264 valence electrons. The van der Waals surface area contributed by atoms with Crippen LogP contribution in [-0.2, 0) is 4.79 Å². The molecule has 0 aromatic carbocycles. The van der Waals surface area contributed by atoms with Crippen molar-refractivity contribution >= 4 is 5.91 Å². The first kappa shape index (κ1) is 43.5. The second-order valence-electron chi connectivity index (χ2n) is 12.9. The molecule has 0 aromatic heterocycles. The molecule has 0 aliphatic carbocycles. The van der Waals surface area contributed by atoms with Gasteiger partial charge in [0.05, 0.1) is 18.8 Å². The molecule has 0 fully saturated rings. The Kier molecular flexibility index (Phi) is 32.8. The zero-order valence-corrected chi connectivity index (χ0v) is 29.4. The van der Waals surface area contributed by atoms with E-state index in [9.17, 15) is 25.2 Å². The predicted molar refractivity (Wildman–Crippen MR) is 191 cm³/mol. The van der Waals surface area contributed by atoms with Crippen molar-refractivity contribution in [1.29, 1.82) is 0 Å². The van der Waals surface area contributed by atoms with Gasteiger partial charge in [-0.05, 0) is 64.2 Å². The normalized spacial score (nSPS) is 14.9. The number of unbranched alkanes of at least 4 members (excludes halogenated alkanes) is 19. The highest BCUT2D eigenvalue weighted by atomic mass is 16.3. The Bertz CT molecular complexity index is 722. The third-order valence-corrected chi connectivity index (χ3v) is 8.60. The largest absolute Gasteiger partial charge is 0.394 e. The van der Waals surface area contributed by atoms with Crippen LogP contribution in [0.1, 0.15) is 174 Å². The fourth-order valence-electron chi connectivity index (χ4n) is 5.51. The molecule has 0 aromatic rings. The van der Waals surface area contributed by atoms with Gasteiger partial charge in [-0.25, -0.2) is 0 Å². The first-order valence-corrected chi connectivity index (χ1v) is 18.9. The monoisotopic (exact) mass is 636 g/mol. The summed E-state index contributed by atoms with van der Waals surface area (Å²) in [6, 6.07) is -1.01. The van der Waals surface area contributed by atoms with Gasteiger partial charge in [-0.3, -0.25) is 4.79 Å². The fraction of sp³-hybridized carbons (Fsp3) is 0.821. The van der Waals surface area contributed by atoms with Crippen molar-refractivity contribution in [3.63, 3.8) is 0 Å². The molecule has 0 aliphatic heterocycles. The lowest BCUT2D eigenvalue weighted by molar-refractivity contribution is -0.132. The molecule has 0 bridgehead atoms. The third-order valence-electron chi connectivity index (χ3n) is 8.60. The molecule has 0 rings (SSSR count). The van der Waals surface area contributed by atoms with E-state index in [1.165, 1.54) is 83.5 Å². The number of carbonyl (C=O) groups excluding carboxylic acids is 1. The van der Waals surface area contributed by atoms with Crippen molar-refractivity contribution in [2.24, 2.45) is 0 Å². The lowest BCUT2D eigenvalue weighted by atomic mass is 10.00. The van der Waals surface area contributed by atoms with Gasteiger partial charge in [0.15, 0.2) is 0 Å². The van der Waals surface area contributed by atoms with E-state index < -0.39 is 36.9 Å². The minimum atomic E-state index is -1.28. The van der Waals surface area contributed by atoms with Gasteiger partial charge in [0.1, 0.15) is 12.2 Å². The number of nitrogens with one attached hydrogen (secondary N) is 1. The fourth-order valence-corrected chi connectivity index (χ4v) is 5.51. The van der Waals surface area contributed by atoms with Crippen LogP contribution in [0.3, 0.4) is 0 Å². The molecule has 5 N–H and O–H groups in total. The van der Waals surface area contributed by atoms with Gasteiger partial charge < -0.3 is 25.7 Å². The maximum Gasteiger partial charge on any atom is 0.249 e. The Morgan fingerprint density at radius 1 is 0.556 bits per heavy atom. The number of aliphatic hydroxyl groups is 4. The highest BCUT2D eigenvalue weighted by Crippen LogP contribution is 2.14. The number of hydrogen-bond acceptors (Lipinski definition) is 5. The van der Waals surface area contributed by atoms with Crippen molar-refractivity contribution in [2.45, 2.75) is 199 Å². The SMILES string of the molecule is CCCCC/C=C\C=C/CCCCCCCC(O)C(=O)NC(CO)C(O)C(O)CCC/C=C/CCCCCCCCCCCC. The van der Waals surface area contributed by atoms with Crippen LogP contribution in [0, 0.1) is 0 Å². The van der Waals surface area contributed by atoms with Crippen LogP contribution in [0.25, 0.3) is 0 Å². The topological polar surface area (TPSA) is 110 Å². The van der Waals surface area contributed by atoms with Gasteiger partial charge in [0.25, 0.3) is 0 Å². The lowest BCUT2D eigenvalue weighted by Gasteiger charge is -2.27. The second kappa shape index (κ2) is 33.9. The van der Waals surface area contributed by atoms with E-state index in [0.29, 0.717) is 19.3 Å². The Hall–Kier alpha value is -1.47. The van der Waals surface area contributed by atoms with Crippen molar-refractivity contribution in [3.8, 4) is 0 Å². The molecule has 0 aliphatic rings. The van der Waals surface area contributed by atoms with Gasteiger partial charge in [-0.15, -0.1) is 0 Å². The molecule has 0 spiro atoms. The molecule has 45 heavy (non-hydrogen) atoms. The number of rotatable bonds is 33. The smallest absolute Gasteiger partial charge is 0.249 e. The summed E-state index contributed by atoms with van der Waals surface area (Å²) in [6.45, 7) is 3.97. The van der Waals surface area contributed by atoms with Gasteiger partial charge in [0, 0.05) is 0 Å². The van der Waals surface area contributed by atoms with Crippen molar-refractivity contribution in [3.05, 3.63) is 36.5 Å². The molecule has 4 atom stereocenters. The molecule has 6 nitrogen and oxygen atoms in total. The maximum absolute atomic E-state index is 12.4. The summed E-state index contributed by atoms with van der Waals surface area (Å²) >= 11 is 0. The summed E-state index contributed by atoms with van der Waals surface area (Å²) in [7, 11) is 0. The van der Waals surface area contributed by atoms with Crippen molar-refractivity contribution in [2.75, 3.05) is 6.61 Å². The van der Waals surface area contributed by atoms with E-state index in [-0.39, 0.29) is 0 Å². The van der Waals surface area contributed by atoms with Gasteiger partial charge in [-0.2, -0.15) is 0 Å². The Morgan fingerprint density at radius 2 is 0.978 bits per heavy atom. The van der Waals surface area contributed by atoms with Crippen LogP contribution in [0.2, 0.25) is 0 Å². The van der Waals surface area contributed by atoms with Crippen LogP contribution in [-0.4, -0.2) is 57.3 Å². The number of allylic oxidation sites excluding steroid dienone is 6. The van der Waals surface area contributed by atoms with Crippen LogP contribution in [0.15, 0.2) is 36.5 Å². The predicted octanol–water partition coefficient (Wildman–Crippen LogP) is 9.01. The van der Waals surface area contributed by atoms with E-state index in [1.54, 1.807) is 0 Å². The van der Waals surface area contributed by atoms with Crippen LogP contribution >= 0.6 is 0 Å². The molecule has 6 heteroatoms. The summed E-state index contributed by atoms with van der Waals surface area (Å²) < 4.78 is 0. The molecule has 0 radical (unpaired) electrons. The minimum Gasteiger partial charge on any atom is -0.394 e. The average Bonchev–Trinajstić information content (AvgIpc) is 3.04. The summed E-state index contributed by atoms with van der Waals surface area (Å²) in [5.74, 6) is -0.608. The molecule has 4 unspecified atom stereocenters. The van der Waals surface area contributed by atoms with E-state index in [4.69, 9.17) is 0 Å². The number of aliphatic hydroxyl groups excluding tert-OH is 4. The Labute approximate surface area is 277 Å². The van der Waals surface area contributed by atoms with E-state index in [0.717, 1.165) is 57.8 Å². The molecule has 0 saturated carbocycles. The summed E-state index contributed by atoms with van der Waals surface area (Å²) in [6.07, 6.45) is 37.3. The summed E-state index contributed by atoms with van der Waals surface area (Å²) in [5, 5.41) is 43.4. The number of carbonyl (C=O) groups is 1. The van der Waals surface area contributed by atoms with Gasteiger partial charge >= 0.3 is 0 Å². The average molecular weight is 636 g/mol.